The van der Waals surface area contributed by atoms with E-state index in [1.54, 1.807) is 7.11 Å². The lowest BCUT2D eigenvalue weighted by atomic mass is 9.97. The van der Waals surface area contributed by atoms with Crippen LogP contribution >= 0.6 is 0 Å². The molecule has 16 heavy (non-hydrogen) atoms. The second-order valence-corrected chi connectivity index (χ2v) is 3.81. The fraction of sp³-hybridized carbons (Fsp3) is 0.143. The largest absolute Gasteiger partial charge is 0.497 e. The van der Waals surface area contributed by atoms with Crippen LogP contribution in [0.15, 0.2) is 42.5 Å². The van der Waals surface area contributed by atoms with E-state index >= 15 is 0 Å². The molecule has 0 spiro atoms. The first kappa shape index (κ1) is 9.28. The standard InChI is InChI=1S/C14H12O2/c1-15-11-6-7-13-12-5-3-2-4-10(12)9-16-14(13)8-11/h2-8H,9H2,1H3. The van der Waals surface area contributed by atoms with Crippen LogP contribution < -0.4 is 9.47 Å². The SMILES string of the molecule is COc1ccc2c(c1)OCc1ccccc1-2. The first-order valence-corrected chi connectivity index (χ1v) is 5.27. The van der Waals surface area contributed by atoms with Crippen molar-refractivity contribution >= 4 is 0 Å². The molecule has 1 aliphatic rings. The highest BCUT2D eigenvalue weighted by Gasteiger charge is 2.16. The van der Waals surface area contributed by atoms with Crippen molar-refractivity contribution in [2.45, 2.75) is 6.61 Å². The normalized spacial score (nSPS) is 12.3. The van der Waals surface area contributed by atoms with Gasteiger partial charge in [-0.3, -0.25) is 0 Å². The van der Waals surface area contributed by atoms with Crippen molar-refractivity contribution in [2.75, 3.05) is 7.11 Å². The molecule has 0 aliphatic carbocycles. The van der Waals surface area contributed by atoms with Crippen LogP contribution in [0.1, 0.15) is 5.56 Å². The van der Waals surface area contributed by atoms with Gasteiger partial charge in [-0.1, -0.05) is 24.3 Å². The van der Waals surface area contributed by atoms with E-state index in [0.717, 1.165) is 17.1 Å². The minimum absolute atomic E-state index is 0.635. The molecule has 0 N–H and O–H groups in total. The molecule has 0 amide bonds. The van der Waals surface area contributed by atoms with Gasteiger partial charge < -0.3 is 9.47 Å². The Kier molecular flexibility index (Phi) is 2.07. The number of hydrogen-bond donors (Lipinski definition) is 0. The summed E-state index contributed by atoms with van der Waals surface area (Å²) in [6.07, 6.45) is 0. The topological polar surface area (TPSA) is 18.5 Å². The Bertz CT molecular complexity index is 532. The first-order valence-electron chi connectivity index (χ1n) is 5.27. The van der Waals surface area contributed by atoms with Crippen molar-refractivity contribution in [3.05, 3.63) is 48.0 Å². The molecule has 2 aromatic rings. The summed E-state index contributed by atoms with van der Waals surface area (Å²) in [6.45, 7) is 0.635. The van der Waals surface area contributed by atoms with Crippen LogP contribution in [0.25, 0.3) is 11.1 Å². The molecule has 0 atom stereocenters. The Labute approximate surface area is 94.4 Å². The fourth-order valence-electron chi connectivity index (χ4n) is 2.04. The fourth-order valence-corrected chi connectivity index (χ4v) is 2.04. The molecule has 0 fully saturated rings. The van der Waals surface area contributed by atoms with E-state index in [1.807, 2.05) is 24.3 Å². The first-order chi connectivity index (χ1) is 7.88. The summed E-state index contributed by atoms with van der Waals surface area (Å²) in [5, 5.41) is 0. The van der Waals surface area contributed by atoms with Crippen LogP contribution in [0.4, 0.5) is 0 Å². The zero-order chi connectivity index (χ0) is 11.0. The number of fused-ring (bicyclic) bond motifs is 3. The number of methoxy groups -OCH3 is 1. The van der Waals surface area contributed by atoms with E-state index in [2.05, 4.69) is 18.2 Å². The summed E-state index contributed by atoms with van der Waals surface area (Å²) in [7, 11) is 1.67. The van der Waals surface area contributed by atoms with Crippen LogP contribution in [0.3, 0.4) is 0 Å². The second kappa shape index (κ2) is 3.56. The van der Waals surface area contributed by atoms with Crippen LogP contribution in [-0.2, 0) is 6.61 Å². The molecule has 3 rings (SSSR count). The lowest BCUT2D eigenvalue weighted by Gasteiger charge is -2.21. The Morgan fingerprint density at radius 1 is 1.06 bits per heavy atom. The molecule has 2 aromatic carbocycles. The van der Waals surface area contributed by atoms with Crippen molar-refractivity contribution in [1.29, 1.82) is 0 Å². The number of benzene rings is 2. The maximum Gasteiger partial charge on any atom is 0.131 e. The lowest BCUT2D eigenvalue weighted by molar-refractivity contribution is 0.300. The average molecular weight is 212 g/mol. The number of ether oxygens (including phenoxy) is 2. The smallest absolute Gasteiger partial charge is 0.131 e. The molecule has 1 aliphatic heterocycles. The van der Waals surface area contributed by atoms with Gasteiger partial charge in [0.2, 0.25) is 0 Å². The molecule has 0 radical (unpaired) electrons. The molecule has 0 aromatic heterocycles. The van der Waals surface area contributed by atoms with Crippen molar-refractivity contribution < 1.29 is 9.47 Å². The lowest BCUT2D eigenvalue weighted by Crippen LogP contribution is -2.05. The summed E-state index contributed by atoms with van der Waals surface area (Å²) in [5.41, 5.74) is 3.63. The monoisotopic (exact) mass is 212 g/mol. The van der Waals surface area contributed by atoms with Gasteiger partial charge in [0.15, 0.2) is 0 Å². The molecular formula is C14H12O2. The van der Waals surface area contributed by atoms with Crippen molar-refractivity contribution in [3.8, 4) is 22.6 Å². The van der Waals surface area contributed by atoms with Crippen LogP contribution in [0.2, 0.25) is 0 Å². The third-order valence-electron chi connectivity index (χ3n) is 2.88. The van der Waals surface area contributed by atoms with Gasteiger partial charge in [0.1, 0.15) is 18.1 Å². The van der Waals surface area contributed by atoms with Gasteiger partial charge in [-0.05, 0) is 23.3 Å². The molecule has 2 nitrogen and oxygen atoms in total. The van der Waals surface area contributed by atoms with Gasteiger partial charge in [0.05, 0.1) is 7.11 Å². The summed E-state index contributed by atoms with van der Waals surface area (Å²) in [6, 6.07) is 14.3. The Balaban J connectivity index is 2.18. The summed E-state index contributed by atoms with van der Waals surface area (Å²) in [5.74, 6) is 1.73. The second-order valence-electron chi connectivity index (χ2n) is 3.81. The zero-order valence-electron chi connectivity index (χ0n) is 9.07. The van der Waals surface area contributed by atoms with E-state index in [0.29, 0.717) is 6.61 Å². The number of rotatable bonds is 1. The van der Waals surface area contributed by atoms with E-state index in [4.69, 9.17) is 9.47 Å². The Morgan fingerprint density at radius 3 is 2.81 bits per heavy atom. The van der Waals surface area contributed by atoms with E-state index in [9.17, 15) is 0 Å². The van der Waals surface area contributed by atoms with Crippen molar-refractivity contribution in [1.82, 2.24) is 0 Å². The predicted molar refractivity (Wildman–Crippen MR) is 62.8 cm³/mol. The van der Waals surface area contributed by atoms with Gasteiger partial charge in [-0.15, -0.1) is 0 Å². The molecule has 0 unspecified atom stereocenters. The van der Waals surface area contributed by atoms with Crippen molar-refractivity contribution in [3.63, 3.8) is 0 Å². The Hall–Kier alpha value is -1.96. The average Bonchev–Trinajstić information content (AvgIpc) is 2.38. The highest BCUT2D eigenvalue weighted by Crippen LogP contribution is 2.39. The maximum atomic E-state index is 5.71. The van der Waals surface area contributed by atoms with Gasteiger partial charge in [-0.25, -0.2) is 0 Å². The predicted octanol–water partition coefficient (Wildman–Crippen LogP) is 3.25. The molecule has 0 saturated carbocycles. The van der Waals surface area contributed by atoms with Crippen LogP contribution in [-0.4, -0.2) is 7.11 Å². The molecule has 0 bridgehead atoms. The summed E-state index contributed by atoms with van der Waals surface area (Å²) in [4.78, 5) is 0. The van der Waals surface area contributed by atoms with E-state index < -0.39 is 0 Å². The van der Waals surface area contributed by atoms with E-state index in [1.165, 1.54) is 11.1 Å². The molecule has 2 heteroatoms. The molecule has 0 saturated heterocycles. The minimum Gasteiger partial charge on any atom is -0.497 e. The van der Waals surface area contributed by atoms with E-state index in [-0.39, 0.29) is 0 Å². The van der Waals surface area contributed by atoms with Crippen LogP contribution in [0.5, 0.6) is 11.5 Å². The summed E-state index contributed by atoms with van der Waals surface area (Å²) >= 11 is 0. The zero-order valence-corrected chi connectivity index (χ0v) is 9.07. The maximum absolute atomic E-state index is 5.71. The van der Waals surface area contributed by atoms with Crippen molar-refractivity contribution in [2.24, 2.45) is 0 Å². The highest BCUT2D eigenvalue weighted by atomic mass is 16.5. The molecular weight excluding hydrogens is 200 g/mol. The quantitative estimate of drug-likeness (QED) is 0.722. The third-order valence-corrected chi connectivity index (χ3v) is 2.88. The molecule has 1 heterocycles. The van der Waals surface area contributed by atoms with Crippen LogP contribution in [0, 0.1) is 0 Å². The Morgan fingerprint density at radius 2 is 1.94 bits per heavy atom. The van der Waals surface area contributed by atoms with Gasteiger partial charge in [-0.2, -0.15) is 0 Å². The highest BCUT2D eigenvalue weighted by molar-refractivity contribution is 5.75. The number of hydrogen-bond acceptors (Lipinski definition) is 2. The van der Waals surface area contributed by atoms with Gasteiger partial charge >= 0.3 is 0 Å². The third kappa shape index (κ3) is 1.34. The minimum atomic E-state index is 0.635. The van der Waals surface area contributed by atoms with Gasteiger partial charge in [0.25, 0.3) is 0 Å². The van der Waals surface area contributed by atoms with Gasteiger partial charge in [0, 0.05) is 11.6 Å². The summed E-state index contributed by atoms with van der Waals surface area (Å²) < 4.78 is 10.9. The molecule has 80 valence electrons.